The van der Waals surface area contributed by atoms with Crippen molar-refractivity contribution in [1.82, 2.24) is 24.3 Å². The summed E-state index contributed by atoms with van der Waals surface area (Å²) in [6, 6.07) is 10.8. The Morgan fingerprint density at radius 1 is 1.24 bits per heavy atom. The van der Waals surface area contributed by atoms with E-state index in [9.17, 15) is 14.7 Å². The van der Waals surface area contributed by atoms with Crippen LogP contribution in [0, 0.1) is 6.92 Å². The first-order chi connectivity index (χ1) is 12.1. The number of imidazole rings is 1. The Balaban J connectivity index is 2.06. The fourth-order valence-electron chi connectivity index (χ4n) is 2.87. The molecule has 3 heterocycles. The average molecular weight is 335 g/mol. The minimum absolute atomic E-state index is 0.133. The summed E-state index contributed by atoms with van der Waals surface area (Å²) < 4.78 is 3.11. The first-order valence-corrected chi connectivity index (χ1v) is 7.51. The van der Waals surface area contributed by atoms with Crippen molar-refractivity contribution >= 4 is 17.0 Å². The normalized spacial score (nSPS) is 11.1. The van der Waals surface area contributed by atoms with Crippen LogP contribution in [0.5, 0.6) is 0 Å². The highest BCUT2D eigenvalue weighted by Gasteiger charge is 2.22. The van der Waals surface area contributed by atoms with Crippen LogP contribution in [0.25, 0.3) is 22.7 Å². The number of hydrogen-bond donors (Lipinski definition) is 2. The molecule has 1 aromatic carbocycles. The van der Waals surface area contributed by atoms with Crippen molar-refractivity contribution in [3.05, 3.63) is 70.4 Å². The summed E-state index contributed by atoms with van der Waals surface area (Å²) in [5.41, 5.74) is 1.21. The molecule has 0 amide bonds. The zero-order valence-corrected chi connectivity index (χ0v) is 13.2. The summed E-state index contributed by atoms with van der Waals surface area (Å²) in [5.74, 6) is -0.790. The molecule has 124 valence electrons. The maximum absolute atomic E-state index is 11.9. The Bertz CT molecular complexity index is 1150. The Labute approximate surface area is 141 Å². The molecular formula is C17H13N5O3. The Morgan fingerprint density at radius 2 is 2.00 bits per heavy atom. The number of para-hydroxylation sites is 1. The average Bonchev–Trinajstić information content (AvgIpc) is 3.19. The number of aromatic nitrogens is 5. The van der Waals surface area contributed by atoms with Crippen molar-refractivity contribution < 1.29 is 9.90 Å². The second-order valence-corrected chi connectivity index (χ2v) is 5.54. The number of rotatable bonds is 3. The number of pyridine rings is 1. The van der Waals surface area contributed by atoms with Gasteiger partial charge in [0.25, 0.3) is 0 Å². The highest BCUT2D eigenvalue weighted by atomic mass is 16.4. The third-order valence-corrected chi connectivity index (χ3v) is 3.92. The lowest BCUT2D eigenvalue weighted by molar-refractivity contribution is 0.0692. The highest BCUT2D eigenvalue weighted by molar-refractivity contribution is 6.01. The number of fused-ring (bicyclic) bond motifs is 1. The maximum Gasteiger partial charge on any atom is 0.357 e. The van der Waals surface area contributed by atoms with Crippen molar-refractivity contribution in [3.8, 4) is 11.6 Å². The van der Waals surface area contributed by atoms with Crippen LogP contribution in [0.3, 0.4) is 0 Å². The van der Waals surface area contributed by atoms with Crippen LogP contribution in [-0.4, -0.2) is 35.4 Å². The summed E-state index contributed by atoms with van der Waals surface area (Å²) in [5, 5.41) is 14.0. The molecule has 0 saturated heterocycles. The topological polar surface area (TPSA) is 106 Å². The van der Waals surface area contributed by atoms with Crippen molar-refractivity contribution in [2.45, 2.75) is 6.92 Å². The number of benzene rings is 1. The van der Waals surface area contributed by atoms with Gasteiger partial charge in [0.1, 0.15) is 5.65 Å². The fraction of sp³-hybridized carbons (Fsp3) is 0.0588. The molecule has 4 rings (SSSR count). The van der Waals surface area contributed by atoms with E-state index in [0.29, 0.717) is 22.5 Å². The van der Waals surface area contributed by atoms with Crippen LogP contribution in [0.2, 0.25) is 0 Å². The quantitative estimate of drug-likeness (QED) is 0.595. The zero-order valence-electron chi connectivity index (χ0n) is 13.2. The second kappa shape index (κ2) is 5.45. The first kappa shape index (κ1) is 14.9. The Kier molecular flexibility index (Phi) is 3.24. The SMILES string of the molecule is Cc1cc(=O)[nH]c2c1c(C(=O)O)nn2-c1nccn1-c1ccccc1. The summed E-state index contributed by atoms with van der Waals surface area (Å²) in [6.45, 7) is 1.68. The molecule has 0 spiro atoms. The minimum atomic E-state index is -1.17. The lowest BCUT2D eigenvalue weighted by Gasteiger charge is -2.08. The molecule has 0 saturated carbocycles. The number of aryl methyl sites for hydroxylation is 1. The zero-order chi connectivity index (χ0) is 17.6. The molecule has 0 unspecified atom stereocenters. The van der Waals surface area contributed by atoms with E-state index in [2.05, 4.69) is 15.1 Å². The molecular weight excluding hydrogens is 322 g/mol. The minimum Gasteiger partial charge on any atom is -0.476 e. The van der Waals surface area contributed by atoms with E-state index >= 15 is 0 Å². The van der Waals surface area contributed by atoms with Crippen LogP contribution >= 0.6 is 0 Å². The monoisotopic (exact) mass is 335 g/mol. The molecule has 0 fully saturated rings. The van der Waals surface area contributed by atoms with Crippen LogP contribution < -0.4 is 5.56 Å². The van der Waals surface area contributed by atoms with Gasteiger partial charge in [0, 0.05) is 24.1 Å². The van der Waals surface area contributed by atoms with E-state index in [1.807, 2.05) is 30.3 Å². The van der Waals surface area contributed by atoms with Crippen LogP contribution in [-0.2, 0) is 0 Å². The summed E-state index contributed by atoms with van der Waals surface area (Å²) in [7, 11) is 0. The lowest BCUT2D eigenvalue weighted by atomic mass is 10.1. The van der Waals surface area contributed by atoms with Gasteiger partial charge in [0.15, 0.2) is 5.69 Å². The smallest absolute Gasteiger partial charge is 0.357 e. The number of carboxylic acid groups (broad SMARTS) is 1. The van der Waals surface area contributed by atoms with E-state index in [4.69, 9.17) is 0 Å². The first-order valence-electron chi connectivity index (χ1n) is 7.51. The van der Waals surface area contributed by atoms with Crippen LogP contribution in [0.1, 0.15) is 16.1 Å². The van der Waals surface area contributed by atoms with Crippen LogP contribution in [0.15, 0.2) is 53.6 Å². The molecule has 0 aliphatic carbocycles. The number of carboxylic acids is 1. The largest absolute Gasteiger partial charge is 0.476 e. The molecule has 0 bridgehead atoms. The Hall–Kier alpha value is -3.68. The molecule has 8 nitrogen and oxygen atoms in total. The van der Waals surface area contributed by atoms with Gasteiger partial charge in [0.2, 0.25) is 11.5 Å². The molecule has 0 aliphatic rings. The van der Waals surface area contributed by atoms with Gasteiger partial charge < -0.3 is 10.1 Å². The van der Waals surface area contributed by atoms with Crippen LogP contribution in [0.4, 0.5) is 0 Å². The molecule has 0 radical (unpaired) electrons. The van der Waals surface area contributed by atoms with Gasteiger partial charge in [-0.15, -0.1) is 0 Å². The van der Waals surface area contributed by atoms with E-state index in [-0.39, 0.29) is 11.3 Å². The van der Waals surface area contributed by atoms with E-state index in [1.165, 1.54) is 10.7 Å². The Morgan fingerprint density at radius 3 is 2.72 bits per heavy atom. The maximum atomic E-state index is 11.9. The van der Waals surface area contributed by atoms with Gasteiger partial charge in [-0.05, 0) is 24.6 Å². The summed E-state index contributed by atoms with van der Waals surface area (Å²) >= 11 is 0. The molecule has 2 N–H and O–H groups in total. The third kappa shape index (κ3) is 2.31. The van der Waals surface area contributed by atoms with Crippen molar-refractivity contribution in [2.24, 2.45) is 0 Å². The van der Waals surface area contributed by atoms with Crippen molar-refractivity contribution in [3.63, 3.8) is 0 Å². The lowest BCUT2D eigenvalue weighted by Crippen LogP contribution is -2.11. The van der Waals surface area contributed by atoms with E-state index in [1.54, 1.807) is 23.9 Å². The molecule has 0 atom stereocenters. The molecule has 8 heteroatoms. The van der Waals surface area contributed by atoms with Gasteiger partial charge in [0.05, 0.1) is 5.39 Å². The van der Waals surface area contributed by atoms with Crippen molar-refractivity contribution in [1.29, 1.82) is 0 Å². The highest BCUT2D eigenvalue weighted by Crippen LogP contribution is 2.23. The molecule has 25 heavy (non-hydrogen) atoms. The predicted molar refractivity (Wildman–Crippen MR) is 90.5 cm³/mol. The number of nitrogens with zero attached hydrogens (tertiary/aromatic N) is 4. The number of carbonyl (C=O) groups is 1. The molecule has 4 aromatic rings. The number of hydrogen-bond acceptors (Lipinski definition) is 4. The number of H-pyrrole nitrogens is 1. The van der Waals surface area contributed by atoms with E-state index < -0.39 is 5.97 Å². The third-order valence-electron chi connectivity index (χ3n) is 3.92. The van der Waals surface area contributed by atoms with Gasteiger partial charge in [-0.2, -0.15) is 9.78 Å². The van der Waals surface area contributed by atoms with Gasteiger partial charge in [-0.1, -0.05) is 18.2 Å². The van der Waals surface area contributed by atoms with Gasteiger partial charge >= 0.3 is 5.97 Å². The molecule has 3 aromatic heterocycles. The fourth-order valence-corrected chi connectivity index (χ4v) is 2.87. The number of aromatic amines is 1. The van der Waals surface area contributed by atoms with E-state index in [0.717, 1.165) is 5.69 Å². The number of nitrogens with one attached hydrogen (secondary N) is 1. The molecule has 0 aliphatic heterocycles. The van der Waals surface area contributed by atoms with Crippen molar-refractivity contribution in [2.75, 3.05) is 0 Å². The van der Waals surface area contributed by atoms with Gasteiger partial charge in [-0.3, -0.25) is 9.36 Å². The van der Waals surface area contributed by atoms with Gasteiger partial charge in [-0.25, -0.2) is 9.78 Å². The summed E-state index contributed by atoms with van der Waals surface area (Å²) in [6.07, 6.45) is 3.33. The summed E-state index contributed by atoms with van der Waals surface area (Å²) in [4.78, 5) is 30.4. The second-order valence-electron chi connectivity index (χ2n) is 5.54. The number of aromatic carboxylic acids is 1. The standard InChI is InChI=1S/C17H13N5O3/c1-10-9-12(23)19-15-13(10)14(16(24)25)20-22(15)17-18-7-8-21(17)11-5-3-2-4-6-11/h2-9H,1H3,(H,19,23)(H,24,25). The predicted octanol–water partition coefficient (Wildman–Crippen LogP) is 1.91.